The van der Waals surface area contributed by atoms with Crippen LogP contribution in [0.2, 0.25) is 0 Å². The monoisotopic (exact) mass is 279 g/mol. The van der Waals surface area contributed by atoms with Crippen molar-refractivity contribution in [1.29, 1.82) is 0 Å². The van der Waals surface area contributed by atoms with Crippen LogP contribution in [-0.2, 0) is 0 Å². The molecule has 20 heavy (non-hydrogen) atoms. The van der Waals surface area contributed by atoms with Crippen LogP contribution in [0.3, 0.4) is 0 Å². The highest BCUT2D eigenvalue weighted by atomic mass is 15.2. The summed E-state index contributed by atoms with van der Waals surface area (Å²) < 4.78 is 0. The Balaban J connectivity index is 1.45. The lowest BCUT2D eigenvalue weighted by atomic mass is 9.70. The first-order chi connectivity index (χ1) is 9.47. The highest BCUT2D eigenvalue weighted by Crippen LogP contribution is 2.42. The lowest BCUT2D eigenvalue weighted by molar-refractivity contribution is -0.000728. The van der Waals surface area contributed by atoms with Crippen LogP contribution in [0, 0.1) is 11.3 Å². The molecule has 0 aromatic heterocycles. The molecule has 0 amide bonds. The van der Waals surface area contributed by atoms with E-state index in [9.17, 15) is 0 Å². The summed E-state index contributed by atoms with van der Waals surface area (Å²) in [6.45, 7) is 16.3. The summed E-state index contributed by atoms with van der Waals surface area (Å²) >= 11 is 0. The van der Waals surface area contributed by atoms with Gasteiger partial charge in [-0.25, -0.2) is 0 Å². The Kier molecular flexibility index (Phi) is 4.13. The van der Waals surface area contributed by atoms with E-state index in [2.05, 4.69) is 35.9 Å². The van der Waals surface area contributed by atoms with Crippen molar-refractivity contribution in [2.24, 2.45) is 11.3 Å². The Labute approximate surface area is 125 Å². The van der Waals surface area contributed by atoms with Crippen LogP contribution >= 0.6 is 0 Å². The first-order valence-corrected chi connectivity index (χ1v) is 8.65. The summed E-state index contributed by atoms with van der Waals surface area (Å²) in [6.07, 6.45) is 5.77. The molecule has 3 aliphatic rings. The minimum atomic E-state index is 0.361. The molecule has 3 fully saturated rings. The molecular weight excluding hydrogens is 246 g/mol. The zero-order valence-corrected chi connectivity index (χ0v) is 13.7. The quantitative estimate of drug-likeness (QED) is 0.836. The summed E-state index contributed by atoms with van der Waals surface area (Å²) in [5.74, 6) is 0.937. The maximum Gasteiger partial charge on any atom is 0.0125 e. The van der Waals surface area contributed by atoms with Gasteiger partial charge in [0.2, 0.25) is 0 Å². The number of nitrogens with one attached hydrogen (secondary N) is 1. The summed E-state index contributed by atoms with van der Waals surface area (Å²) in [7, 11) is 0. The van der Waals surface area contributed by atoms with Crippen molar-refractivity contribution < 1.29 is 0 Å². The van der Waals surface area contributed by atoms with Crippen molar-refractivity contribution in [1.82, 2.24) is 15.1 Å². The largest absolute Gasteiger partial charge is 0.316 e. The number of likely N-dealkylation sites (tertiary alicyclic amines) is 2. The number of piperidine rings is 2. The minimum Gasteiger partial charge on any atom is -0.316 e. The fourth-order valence-electron chi connectivity index (χ4n) is 4.20. The van der Waals surface area contributed by atoms with Crippen molar-refractivity contribution >= 4 is 0 Å². The topological polar surface area (TPSA) is 18.5 Å². The summed E-state index contributed by atoms with van der Waals surface area (Å²) in [5, 5.41) is 3.39. The van der Waals surface area contributed by atoms with Crippen molar-refractivity contribution in [2.45, 2.75) is 52.0 Å². The maximum atomic E-state index is 3.39. The Bertz CT molecular complexity index is 312. The van der Waals surface area contributed by atoms with E-state index in [-0.39, 0.29) is 0 Å². The number of rotatable bonds is 2. The van der Waals surface area contributed by atoms with Gasteiger partial charge in [-0.2, -0.15) is 0 Å². The Morgan fingerprint density at radius 3 is 1.95 bits per heavy atom. The second-order valence-electron chi connectivity index (χ2n) is 8.48. The number of hydrogen-bond donors (Lipinski definition) is 1. The number of nitrogens with zero attached hydrogens (tertiary/aromatic N) is 2. The van der Waals surface area contributed by atoms with E-state index >= 15 is 0 Å². The average Bonchev–Trinajstić information content (AvgIpc) is 2.36. The first kappa shape index (κ1) is 14.8. The average molecular weight is 279 g/mol. The summed E-state index contributed by atoms with van der Waals surface area (Å²) in [6, 6.07) is 0. The third-order valence-electron chi connectivity index (χ3n) is 6.07. The van der Waals surface area contributed by atoms with E-state index in [4.69, 9.17) is 0 Å². The van der Waals surface area contributed by atoms with Gasteiger partial charge >= 0.3 is 0 Å². The Morgan fingerprint density at radius 2 is 1.50 bits per heavy atom. The smallest absolute Gasteiger partial charge is 0.0125 e. The first-order valence-electron chi connectivity index (χ1n) is 8.65. The molecule has 3 heteroatoms. The molecule has 0 bridgehead atoms. The van der Waals surface area contributed by atoms with E-state index in [1.165, 1.54) is 71.5 Å². The minimum absolute atomic E-state index is 0.361. The van der Waals surface area contributed by atoms with Gasteiger partial charge in [0.1, 0.15) is 0 Å². The van der Waals surface area contributed by atoms with Gasteiger partial charge in [-0.3, -0.25) is 4.90 Å². The second kappa shape index (κ2) is 5.58. The van der Waals surface area contributed by atoms with Crippen molar-refractivity contribution in [3.63, 3.8) is 0 Å². The lowest BCUT2D eigenvalue weighted by Gasteiger charge is -2.50. The van der Waals surface area contributed by atoms with E-state index in [0.29, 0.717) is 11.0 Å². The molecule has 0 aromatic rings. The van der Waals surface area contributed by atoms with E-state index in [0.717, 1.165) is 5.92 Å². The van der Waals surface area contributed by atoms with Crippen molar-refractivity contribution in [2.75, 3.05) is 45.8 Å². The molecule has 116 valence electrons. The van der Waals surface area contributed by atoms with E-state index in [1.807, 2.05) is 0 Å². The molecule has 3 nitrogen and oxygen atoms in total. The fourth-order valence-corrected chi connectivity index (χ4v) is 4.20. The molecule has 0 unspecified atom stereocenters. The molecule has 0 aromatic carbocycles. The maximum absolute atomic E-state index is 3.39. The lowest BCUT2D eigenvalue weighted by Crippen LogP contribution is -2.53. The van der Waals surface area contributed by atoms with Crippen LogP contribution in [0.4, 0.5) is 0 Å². The molecule has 1 spiro atoms. The van der Waals surface area contributed by atoms with Gasteiger partial charge in [0.05, 0.1) is 0 Å². The third-order valence-corrected chi connectivity index (χ3v) is 6.07. The molecule has 0 atom stereocenters. The SMILES string of the molecule is CC(C)(C)N1CCC2(CCN(CC3CNC3)CC2)CC1. The van der Waals surface area contributed by atoms with Crippen molar-refractivity contribution in [3.8, 4) is 0 Å². The van der Waals surface area contributed by atoms with Crippen LogP contribution in [0.25, 0.3) is 0 Å². The van der Waals surface area contributed by atoms with Gasteiger partial charge in [-0.1, -0.05) is 0 Å². The van der Waals surface area contributed by atoms with E-state index < -0.39 is 0 Å². The Hall–Kier alpha value is -0.120. The third kappa shape index (κ3) is 3.20. The standard InChI is InChI=1S/C17H33N3/c1-16(2,3)20-10-6-17(7-11-20)4-8-19(9-5-17)14-15-12-18-13-15/h15,18H,4-14H2,1-3H3. The highest BCUT2D eigenvalue weighted by molar-refractivity contribution is 4.93. The zero-order valence-electron chi connectivity index (χ0n) is 13.7. The normalized spacial score (nSPS) is 29.6. The van der Waals surface area contributed by atoms with Crippen LogP contribution < -0.4 is 5.32 Å². The van der Waals surface area contributed by atoms with Crippen LogP contribution in [0.15, 0.2) is 0 Å². The van der Waals surface area contributed by atoms with E-state index in [1.54, 1.807) is 0 Å². The molecule has 3 aliphatic heterocycles. The van der Waals surface area contributed by atoms with Crippen LogP contribution in [0.5, 0.6) is 0 Å². The van der Waals surface area contributed by atoms with Gasteiger partial charge in [0, 0.05) is 25.2 Å². The van der Waals surface area contributed by atoms with Gasteiger partial charge < -0.3 is 10.2 Å². The molecule has 3 rings (SSSR count). The zero-order chi connectivity index (χ0) is 14.2. The molecule has 3 heterocycles. The summed E-state index contributed by atoms with van der Waals surface area (Å²) in [4.78, 5) is 5.41. The van der Waals surface area contributed by atoms with Gasteiger partial charge in [0.15, 0.2) is 0 Å². The predicted molar refractivity (Wildman–Crippen MR) is 85.0 cm³/mol. The Morgan fingerprint density at radius 1 is 0.950 bits per heavy atom. The molecule has 3 saturated heterocycles. The van der Waals surface area contributed by atoms with Crippen LogP contribution in [-0.4, -0.2) is 61.2 Å². The summed E-state index contributed by atoms with van der Waals surface area (Å²) in [5.41, 5.74) is 1.05. The fraction of sp³-hybridized carbons (Fsp3) is 1.00. The van der Waals surface area contributed by atoms with Gasteiger partial charge in [-0.15, -0.1) is 0 Å². The predicted octanol–water partition coefficient (Wildman–Crippen LogP) is 2.18. The van der Waals surface area contributed by atoms with Gasteiger partial charge in [0.25, 0.3) is 0 Å². The molecule has 0 saturated carbocycles. The van der Waals surface area contributed by atoms with Crippen LogP contribution in [0.1, 0.15) is 46.5 Å². The highest BCUT2D eigenvalue weighted by Gasteiger charge is 2.39. The molecule has 0 radical (unpaired) electrons. The molecular formula is C17H33N3. The molecule has 0 aliphatic carbocycles. The second-order valence-corrected chi connectivity index (χ2v) is 8.48. The number of hydrogen-bond acceptors (Lipinski definition) is 3. The van der Waals surface area contributed by atoms with Crippen molar-refractivity contribution in [3.05, 3.63) is 0 Å². The van der Waals surface area contributed by atoms with Gasteiger partial charge in [-0.05, 0) is 84.0 Å². The molecule has 1 N–H and O–H groups in total.